The van der Waals surface area contributed by atoms with Crippen LogP contribution in [0.25, 0.3) is 11.4 Å². The Labute approximate surface area is 130 Å². The fraction of sp³-hybridized carbons (Fsp3) is 0.154. The number of H-pyrrole nitrogens is 1. The first-order valence-electron chi connectivity index (χ1n) is 6.33. The van der Waals surface area contributed by atoms with Crippen LogP contribution in [0.4, 0.5) is 4.79 Å². The molecule has 0 saturated heterocycles. The van der Waals surface area contributed by atoms with Gasteiger partial charge in [0.15, 0.2) is 5.82 Å². The van der Waals surface area contributed by atoms with Crippen LogP contribution in [0.5, 0.6) is 0 Å². The van der Waals surface area contributed by atoms with Crippen molar-refractivity contribution in [1.29, 1.82) is 0 Å². The summed E-state index contributed by atoms with van der Waals surface area (Å²) >= 11 is 1.13. The Bertz CT molecular complexity index is 658. The average molecular weight is 318 g/mol. The highest BCUT2D eigenvalue weighted by Gasteiger charge is 2.10. The molecule has 2 aromatic rings. The molecule has 0 atom stereocenters. The van der Waals surface area contributed by atoms with Gasteiger partial charge in [0.25, 0.3) is 0 Å². The number of nitrogens with one attached hydrogen (secondary N) is 3. The Morgan fingerprint density at radius 1 is 1.36 bits per heavy atom. The minimum absolute atomic E-state index is 0.0369. The van der Waals surface area contributed by atoms with Crippen LogP contribution in [0.1, 0.15) is 0 Å². The molecule has 9 heteroatoms. The first-order valence-corrected chi connectivity index (χ1v) is 7.32. The predicted molar refractivity (Wildman–Crippen MR) is 82.1 cm³/mol. The number of amides is 3. The molecule has 22 heavy (non-hydrogen) atoms. The van der Waals surface area contributed by atoms with Crippen molar-refractivity contribution in [1.82, 2.24) is 30.8 Å². The van der Waals surface area contributed by atoms with E-state index in [4.69, 9.17) is 0 Å². The molecule has 8 nitrogen and oxygen atoms in total. The van der Waals surface area contributed by atoms with Crippen molar-refractivity contribution >= 4 is 23.7 Å². The smallest absolute Gasteiger partial charge is 0.321 e. The molecule has 2 rings (SSSR count). The molecule has 0 saturated carbocycles. The molecular formula is C13H14N6O2S. The van der Waals surface area contributed by atoms with Crippen LogP contribution in [0, 0.1) is 0 Å². The van der Waals surface area contributed by atoms with Gasteiger partial charge in [-0.25, -0.2) is 9.78 Å². The number of aromatic amines is 1. The molecule has 0 radical (unpaired) electrons. The summed E-state index contributed by atoms with van der Waals surface area (Å²) in [5.74, 6) is 0.200. The minimum Gasteiger partial charge on any atom is -0.334 e. The number of hydrogen-bond acceptors (Lipinski definition) is 6. The maximum atomic E-state index is 11.6. The molecular weight excluding hydrogens is 304 g/mol. The number of carbonyl (C=O) groups excluding carboxylic acids is 2. The number of thioether (sulfide) groups is 1. The van der Waals surface area contributed by atoms with E-state index in [0.717, 1.165) is 17.3 Å². The van der Waals surface area contributed by atoms with E-state index < -0.39 is 11.9 Å². The zero-order valence-electron chi connectivity index (χ0n) is 11.6. The number of hydrogen-bond donors (Lipinski definition) is 3. The topological polar surface area (TPSA) is 113 Å². The zero-order valence-corrected chi connectivity index (χ0v) is 12.4. The van der Waals surface area contributed by atoms with Gasteiger partial charge in [-0.15, -0.1) is 11.7 Å². The summed E-state index contributed by atoms with van der Waals surface area (Å²) in [4.78, 5) is 31.0. The van der Waals surface area contributed by atoms with Crippen molar-refractivity contribution in [3.8, 4) is 11.4 Å². The third kappa shape index (κ3) is 4.70. The van der Waals surface area contributed by atoms with E-state index in [-0.39, 0.29) is 5.75 Å². The molecule has 3 N–H and O–H groups in total. The summed E-state index contributed by atoms with van der Waals surface area (Å²) < 4.78 is 0. The maximum absolute atomic E-state index is 11.6. The van der Waals surface area contributed by atoms with Gasteiger partial charge in [-0.3, -0.25) is 20.2 Å². The number of aromatic nitrogens is 4. The van der Waals surface area contributed by atoms with E-state index in [1.165, 1.54) is 6.08 Å². The lowest BCUT2D eigenvalue weighted by molar-refractivity contribution is -0.117. The predicted octanol–water partition coefficient (Wildman–Crippen LogP) is 0.971. The molecule has 0 aromatic carbocycles. The molecule has 114 valence electrons. The lowest BCUT2D eigenvalue weighted by Crippen LogP contribution is -2.40. The van der Waals surface area contributed by atoms with Crippen molar-refractivity contribution < 1.29 is 9.59 Å². The van der Waals surface area contributed by atoms with E-state index in [1.807, 2.05) is 0 Å². The molecule has 2 aromatic heterocycles. The van der Waals surface area contributed by atoms with Gasteiger partial charge in [0.2, 0.25) is 11.1 Å². The van der Waals surface area contributed by atoms with Crippen LogP contribution in [-0.2, 0) is 4.79 Å². The number of imide groups is 1. The number of nitrogens with zero attached hydrogens (tertiary/aromatic N) is 3. The van der Waals surface area contributed by atoms with Crippen molar-refractivity contribution in [3.63, 3.8) is 0 Å². The number of urea groups is 1. The summed E-state index contributed by atoms with van der Waals surface area (Å²) in [6.07, 6.45) is 4.83. The molecule has 0 unspecified atom stereocenters. The van der Waals surface area contributed by atoms with Gasteiger partial charge in [-0.2, -0.15) is 0 Å². The van der Waals surface area contributed by atoms with E-state index >= 15 is 0 Å². The van der Waals surface area contributed by atoms with Gasteiger partial charge < -0.3 is 5.32 Å². The number of rotatable bonds is 6. The third-order valence-corrected chi connectivity index (χ3v) is 3.26. The second-order valence-corrected chi connectivity index (χ2v) is 4.98. The molecule has 2 heterocycles. The Kier molecular flexibility index (Phi) is 5.66. The maximum Gasteiger partial charge on any atom is 0.321 e. The second-order valence-electron chi connectivity index (χ2n) is 4.04. The van der Waals surface area contributed by atoms with Gasteiger partial charge in [0.1, 0.15) is 0 Å². The van der Waals surface area contributed by atoms with Gasteiger partial charge in [0, 0.05) is 24.5 Å². The lowest BCUT2D eigenvalue weighted by atomic mass is 10.3. The summed E-state index contributed by atoms with van der Waals surface area (Å²) in [7, 11) is 0. The Hall–Kier alpha value is -2.68. The molecule has 0 fully saturated rings. The lowest BCUT2D eigenvalue weighted by Gasteiger charge is -2.03. The van der Waals surface area contributed by atoms with Crippen LogP contribution in [-0.4, -0.2) is 44.4 Å². The highest BCUT2D eigenvalue weighted by molar-refractivity contribution is 7.99. The fourth-order valence-electron chi connectivity index (χ4n) is 1.45. The largest absolute Gasteiger partial charge is 0.334 e. The molecule has 0 aliphatic heterocycles. The van der Waals surface area contributed by atoms with E-state index in [1.54, 1.807) is 24.5 Å². The SMILES string of the molecule is C=CCNC(=O)NC(=O)CSc1n[nH]c(-c2ccncc2)n1. The van der Waals surface area contributed by atoms with Crippen molar-refractivity contribution in [2.24, 2.45) is 0 Å². The van der Waals surface area contributed by atoms with Crippen LogP contribution >= 0.6 is 11.8 Å². The van der Waals surface area contributed by atoms with Crippen molar-refractivity contribution in [2.75, 3.05) is 12.3 Å². The number of pyridine rings is 1. The highest BCUT2D eigenvalue weighted by Crippen LogP contribution is 2.17. The van der Waals surface area contributed by atoms with Crippen molar-refractivity contribution in [3.05, 3.63) is 37.2 Å². The van der Waals surface area contributed by atoms with Gasteiger partial charge in [0.05, 0.1) is 5.75 Å². The zero-order chi connectivity index (χ0) is 15.8. The van der Waals surface area contributed by atoms with Crippen LogP contribution in [0.2, 0.25) is 0 Å². The van der Waals surface area contributed by atoms with E-state index in [2.05, 4.69) is 37.4 Å². The first-order chi connectivity index (χ1) is 10.7. The fourth-order valence-corrected chi connectivity index (χ4v) is 2.05. The summed E-state index contributed by atoms with van der Waals surface area (Å²) in [6, 6.07) is 3.04. The van der Waals surface area contributed by atoms with Crippen LogP contribution in [0.15, 0.2) is 42.3 Å². The highest BCUT2D eigenvalue weighted by atomic mass is 32.2. The van der Waals surface area contributed by atoms with Gasteiger partial charge >= 0.3 is 6.03 Å². The quantitative estimate of drug-likeness (QED) is 0.540. The molecule has 0 aliphatic rings. The van der Waals surface area contributed by atoms with Crippen LogP contribution in [0.3, 0.4) is 0 Å². The molecule has 0 spiro atoms. The van der Waals surface area contributed by atoms with Gasteiger partial charge in [-0.05, 0) is 12.1 Å². The normalized spacial score (nSPS) is 10.0. The van der Waals surface area contributed by atoms with E-state index in [9.17, 15) is 9.59 Å². The van der Waals surface area contributed by atoms with Crippen LogP contribution < -0.4 is 10.6 Å². The molecule has 0 aliphatic carbocycles. The Balaban J connectivity index is 1.82. The van der Waals surface area contributed by atoms with Gasteiger partial charge in [-0.1, -0.05) is 17.8 Å². The summed E-state index contributed by atoms with van der Waals surface area (Å²) in [5.41, 5.74) is 0.850. The third-order valence-electron chi connectivity index (χ3n) is 2.41. The summed E-state index contributed by atoms with van der Waals surface area (Å²) in [5, 5.41) is 11.9. The Morgan fingerprint density at radius 3 is 2.86 bits per heavy atom. The van der Waals surface area contributed by atoms with E-state index in [0.29, 0.717) is 17.5 Å². The first kappa shape index (κ1) is 15.7. The second kappa shape index (κ2) is 7.93. The molecule has 3 amide bonds. The van der Waals surface area contributed by atoms with Crippen molar-refractivity contribution in [2.45, 2.75) is 5.16 Å². The molecule has 0 bridgehead atoms. The Morgan fingerprint density at radius 2 is 2.14 bits per heavy atom. The standard InChI is InChI=1S/C13H14N6O2S/c1-2-5-15-12(21)16-10(20)8-22-13-17-11(18-19-13)9-3-6-14-7-4-9/h2-4,6-7H,1,5,8H2,(H,17,18,19)(H2,15,16,20,21). The number of carbonyl (C=O) groups is 2. The summed E-state index contributed by atoms with van der Waals surface area (Å²) in [6.45, 7) is 3.75. The average Bonchev–Trinajstić information content (AvgIpc) is 3.01. The monoisotopic (exact) mass is 318 g/mol. The minimum atomic E-state index is -0.557.